The number of amides is 2. The molecule has 0 unspecified atom stereocenters. The summed E-state index contributed by atoms with van der Waals surface area (Å²) in [7, 11) is 0. The van der Waals surface area contributed by atoms with E-state index in [9.17, 15) is 14.4 Å². The van der Waals surface area contributed by atoms with Crippen LogP contribution in [0.3, 0.4) is 0 Å². The van der Waals surface area contributed by atoms with Crippen molar-refractivity contribution < 1.29 is 23.9 Å². The maximum atomic E-state index is 12.0. The number of hydrogen-bond donors (Lipinski definition) is 2. The lowest BCUT2D eigenvalue weighted by molar-refractivity contribution is -0.127. The lowest BCUT2D eigenvalue weighted by Crippen LogP contribution is -2.39. The Morgan fingerprint density at radius 1 is 0.812 bits per heavy atom. The van der Waals surface area contributed by atoms with Gasteiger partial charge in [-0.15, -0.1) is 0 Å². The summed E-state index contributed by atoms with van der Waals surface area (Å²) in [4.78, 5) is 35.3. The van der Waals surface area contributed by atoms with Crippen molar-refractivity contribution >= 4 is 17.6 Å². The average Bonchev–Trinajstić information content (AvgIpc) is 2.80. The van der Waals surface area contributed by atoms with Gasteiger partial charge in [-0.1, -0.05) is 48.5 Å². The highest BCUT2D eigenvalue weighted by atomic mass is 16.5. The van der Waals surface area contributed by atoms with Gasteiger partial charge in [-0.05, 0) is 32.1 Å². The first-order chi connectivity index (χ1) is 15.4. The Morgan fingerprint density at radius 2 is 1.38 bits per heavy atom. The molecule has 1 rings (SSSR count). The van der Waals surface area contributed by atoms with Crippen molar-refractivity contribution in [3.8, 4) is 0 Å². The summed E-state index contributed by atoms with van der Waals surface area (Å²) in [5.41, 5.74) is 0. The van der Waals surface area contributed by atoms with Gasteiger partial charge in [-0.25, -0.2) is 0 Å². The third-order valence-corrected chi connectivity index (χ3v) is 4.95. The van der Waals surface area contributed by atoms with Crippen LogP contribution in [0.2, 0.25) is 0 Å². The van der Waals surface area contributed by atoms with Crippen LogP contribution in [0.4, 0.5) is 0 Å². The highest BCUT2D eigenvalue weighted by molar-refractivity contribution is 5.83. The standard InChI is InChI=1S/C21H38N2O5.2C2H6/c1-4-5-19(24)22-11-13-28-15-14-27-12-10-20(25)23-18-8-6-17(7-9-18)21(26)16(2)3;2*1-2/h16-18H,4-15H2,1-3H3,(H,22,24)(H,23,25);2*1-2H3. The minimum absolute atomic E-state index is 0.00167. The van der Waals surface area contributed by atoms with Gasteiger partial charge in [0.25, 0.3) is 0 Å². The number of Topliss-reactive ketones (excluding diaryl/α,β-unsaturated/α-hetero) is 1. The number of carbonyl (C=O) groups is 3. The number of ether oxygens (including phenoxy) is 2. The van der Waals surface area contributed by atoms with Crippen LogP contribution in [0.25, 0.3) is 0 Å². The SMILES string of the molecule is CC.CC.CCCC(=O)NCCOCCOCCC(=O)NC1CCC(C(=O)C(C)C)CC1. The van der Waals surface area contributed by atoms with E-state index < -0.39 is 0 Å². The molecule has 1 fully saturated rings. The molecular formula is C25H50N2O5. The third kappa shape index (κ3) is 17.1. The molecule has 7 nitrogen and oxygen atoms in total. The first-order valence-electron chi connectivity index (χ1n) is 12.7. The van der Waals surface area contributed by atoms with E-state index >= 15 is 0 Å². The van der Waals surface area contributed by atoms with Crippen molar-refractivity contribution in [3.05, 3.63) is 0 Å². The number of carbonyl (C=O) groups excluding carboxylic acids is 3. The number of ketones is 1. The molecule has 32 heavy (non-hydrogen) atoms. The fourth-order valence-electron chi connectivity index (χ4n) is 3.36. The monoisotopic (exact) mass is 458 g/mol. The molecule has 0 saturated heterocycles. The Balaban J connectivity index is 0. The molecule has 2 N–H and O–H groups in total. The molecule has 1 aliphatic rings. The Morgan fingerprint density at radius 3 is 1.91 bits per heavy atom. The van der Waals surface area contributed by atoms with E-state index in [1.165, 1.54) is 0 Å². The highest BCUT2D eigenvalue weighted by Gasteiger charge is 2.28. The van der Waals surface area contributed by atoms with E-state index in [-0.39, 0.29) is 29.7 Å². The molecular weight excluding hydrogens is 408 g/mol. The Bertz CT molecular complexity index is 475. The average molecular weight is 459 g/mol. The van der Waals surface area contributed by atoms with Crippen molar-refractivity contribution in [2.75, 3.05) is 33.0 Å². The molecule has 0 aliphatic heterocycles. The molecule has 0 heterocycles. The molecule has 0 aromatic heterocycles. The van der Waals surface area contributed by atoms with E-state index in [1.807, 2.05) is 48.5 Å². The third-order valence-electron chi connectivity index (χ3n) is 4.95. The van der Waals surface area contributed by atoms with Gasteiger partial charge in [-0.3, -0.25) is 14.4 Å². The summed E-state index contributed by atoms with van der Waals surface area (Å²) < 4.78 is 10.8. The molecule has 0 aromatic carbocycles. The molecule has 0 aromatic rings. The number of nitrogens with one attached hydrogen (secondary N) is 2. The quantitative estimate of drug-likeness (QED) is 0.379. The molecule has 1 saturated carbocycles. The van der Waals surface area contributed by atoms with Crippen molar-refractivity contribution in [1.29, 1.82) is 0 Å². The van der Waals surface area contributed by atoms with E-state index in [0.717, 1.165) is 32.1 Å². The van der Waals surface area contributed by atoms with Crippen LogP contribution in [0.1, 0.15) is 93.4 Å². The van der Waals surface area contributed by atoms with Crippen LogP contribution < -0.4 is 10.6 Å². The predicted octanol–water partition coefficient (Wildman–Crippen LogP) is 4.28. The second kappa shape index (κ2) is 22.7. The van der Waals surface area contributed by atoms with Crippen LogP contribution in [-0.4, -0.2) is 56.6 Å². The van der Waals surface area contributed by atoms with Crippen LogP contribution in [0, 0.1) is 11.8 Å². The molecule has 0 atom stereocenters. The minimum Gasteiger partial charge on any atom is -0.379 e. The van der Waals surface area contributed by atoms with E-state index in [4.69, 9.17) is 9.47 Å². The van der Waals surface area contributed by atoms with E-state index in [0.29, 0.717) is 51.6 Å². The van der Waals surface area contributed by atoms with Gasteiger partial charge in [0.1, 0.15) is 5.78 Å². The second-order valence-corrected chi connectivity index (χ2v) is 7.75. The van der Waals surface area contributed by atoms with E-state index in [1.54, 1.807) is 0 Å². The summed E-state index contributed by atoms with van der Waals surface area (Å²) in [5, 5.41) is 5.82. The molecule has 7 heteroatoms. The lowest BCUT2D eigenvalue weighted by atomic mass is 9.80. The summed E-state index contributed by atoms with van der Waals surface area (Å²) in [6.07, 6.45) is 5.20. The summed E-state index contributed by atoms with van der Waals surface area (Å²) in [5.74, 6) is 0.656. The fraction of sp³-hybridized carbons (Fsp3) is 0.880. The van der Waals surface area contributed by atoms with Crippen molar-refractivity contribution in [3.63, 3.8) is 0 Å². The Labute approximate surface area is 196 Å². The normalized spacial score (nSPS) is 17.4. The number of hydrogen-bond acceptors (Lipinski definition) is 5. The van der Waals surface area contributed by atoms with Gasteiger partial charge in [0.05, 0.1) is 26.4 Å². The van der Waals surface area contributed by atoms with E-state index in [2.05, 4.69) is 10.6 Å². The molecule has 2 amide bonds. The first kappa shape index (κ1) is 32.7. The lowest BCUT2D eigenvalue weighted by Gasteiger charge is -2.29. The van der Waals surface area contributed by atoms with Crippen LogP contribution in [-0.2, 0) is 23.9 Å². The largest absolute Gasteiger partial charge is 0.379 e. The predicted molar refractivity (Wildman–Crippen MR) is 131 cm³/mol. The molecule has 0 radical (unpaired) electrons. The first-order valence-corrected chi connectivity index (χ1v) is 12.7. The van der Waals surface area contributed by atoms with Gasteiger partial charge in [0, 0.05) is 37.3 Å². The Hall–Kier alpha value is -1.47. The van der Waals surface area contributed by atoms with Gasteiger partial charge >= 0.3 is 0 Å². The topological polar surface area (TPSA) is 93.7 Å². The van der Waals surface area contributed by atoms with Crippen LogP contribution in [0.15, 0.2) is 0 Å². The Kier molecular flexibility index (Phi) is 23.2. The molecule has 1 aliphatic carbocycles. The highest BCUT2D eigenvalue weighted by Crippen LogP contribution is 2.27. The zero-order valence-corrected chi connectivity index (χ0v) is 21.8. The molecule has 0 bridgehead atoms. The van der Waals surface area contributed by atoms with Gasteiger partial charge in [0.15, 0.2) is 0 Å². The van der Waals surface area contributed by atoms with Crippen LogP contribution >= 0.6 is 0 Å². The van der Waals surface area contributed by atoms with Crippen molar-refractivity contribution in [2.45, 2.75) is 99.5 Å². The maximum absolute atomic E-state index is 12.0. The molecule has 0 spiro atoms. The minimum atomic E-state index is -0.00167. The summed E-state index contributed by atoms with van der Waals surface area (Å²) in [6.45, 7) is 16.1. The summed E-state index contributed by atoms with van der Waals surface area (Å²) in [6, 6.07) is 0.176. The maximum Gasteiger partial charge on any atom is 0.222 e. The van der Waals surface area contributed by atoms with Gasteiger partial charge < -0.3 is 20.1 Å². The van der Waals surface area contributed by atoms with Crippen molar-refractivity contribution in [2.24, 2.45) is 11.8 Å². The zero-order chi connectivity index (χ0) is 24.8. The smallest absolute Gasteiger partial charge is 0.222 e. The fourth-order valence-corrected chi connectivity index (χ4v) is 3.36. The van der Waals surface area contributed by atoms with Crippen molar-refractivity contribution in [1.82, 2.24) is 10.6 Å². The second-order valence-electron chi connectivity index (χ2n) is 7.75. The van der Waals surface area contributed by atoms with Crippen LogP contribution in [0.5, 0.6) is 0 Å². The zero-order valence-electron chi connectivity index (χ0n) is 21.8. The molecule has 190 valence electrons. The van der Waals surface area contributed by atoms with Gasteiger partial charge in [0.2, 0.25) is 11.8 Å². The van der Waals surface area contributed by atoms with Gasteiger partial charge in [-0.2, -0.15) is 0 Å². The number of rotatable bonds is 14. The summed E-state index contributed by atoms with van der Waals surface area (Å²) >= 11 is 0.